The van der Waals surface area contributed by atoms with Crippen LogP contribution in [0.5, 0.6) is 5.75 Å². The minimum absolute atomic E-state index is 0.0859. The molecule has 0 aliphatic heterocycles. The lowest BCUT2D eigenvalue weighted by Crippen LogP contribution is -2.38. The standard InChI is InChI=1S/C27H23F3N2O5S/c28-27(29,30)22-8-4-10-25(16-22)38(34,35)37-23-13-11-21(12-14-23)18-32(19-24-9-5-15-36-24)26(33)31-17-20-6-2-1-3-7-20/h1-16H,17-19H2,(H,31,33). The van der Waals surface area contributed by atoms with Gasteiger partial charge < -0.3 is 18.8 Å². The minimum atomic E-state index is -4.69. The molecule has 0 radical (unpaired) electrons. The van der Waals surface area contributed by atoms with Crippen LogP contribution in [0.4, 0.5) is 18.0 Å². The molecule has 7 nitrogen and oxygen atoms in total. The molecule has 1 heterocycles. The first-order chi connectivity index (χ1) is 18.1. The van der Waals surface area contributed by atoms with Gasteiger partial charge in [0.1, 0.15) is 16.4 Å². The first kappa shape index (κ1) is 26.8. The average Bonchev–Trinajstić information content (AvgIpc) is 3.41. The molecule has 1 aromatic heterocycles. The summed E-state index contributed by atoms with van der Waals surface area (Å²) in [6.07, 6.45) is -3.19. The van der Waals surface area contributed by atoms with E-state index < -0.39 is 26.8 Å². The number of alkyl halides is 3. The number of carbonyl (C=O) groups excluding carboxylic acids is 1. The maximum atomic E-state index is 13.0. The van der Waals surface area contributed by atoms with Crippen LogP contribution in [-0.4, -0.2) is 19.3 Å². The van der Waals surface area contributed by atoms with Crippen molar-refractivity contribution in [2.24, 2.45) is 0 Å². The van der Waals surface area contributed by atoms with Gasteiger partial charge in [0, 0.05) is 13.1 Å². The Bertz CT molecular complexity index is 1460. The Hall–Kier alpha value is -4.25. The summed E-state index contributed by atoms with van der Waals surface area (Å²) >= 11 is 0. The molecule has 198 valence electrons. The molecule has 1 N–H and O–H groups in total. The van der Waals surface area contributed by atoms with Crippen LogP contribution in [0.15, 0.2) is 107 Å². The first-order valence-corrected chi connectivity index (χ1v) is 12.8. The Morgan fingerprint density at radius 2 is 1.61 bits per heavy atom. The van der Waals surface area contributed by atoms with Crippen LogP contribution in [0.1, 0.15) is 22.5 Å². The predicted octanol–water partition coefficient (Wildman–Crippen LogP) is 5.98. The predicted molar refractivity (Wildman–Crippen MR) is 132 cm³/mol. The van der Waals surface area contributed by atoms with E-state index in [0.717, 1.165) is 23.8 Å². The zero-order valence-electron chi connectivity index (χ0n) is 19.9. The summed E-state index contributed by atoms with van der Waals surface area (Å²) in [5.41, 5.74) is 0.497. The third kappa shape index (κ3) is 7.16. The Labute approximate surface area is 217 Å². The van der Waals surface area contributed by atoms with Gasteiger partial charge in [-0.15, -0.1) is 0 Å². The van der Waals surface area contributed by atoms with Gasteiger partial charge in [-0.3, -0.25) is 0 Å². The van der Waals surface area contributed by atoms with Crippen LogP contribution in [-0.2, 0) is 35.9 Å². The largest absolute Gasteiger partial charge is 0.467 e. The third-order valence-corrected chi connectivity index (χ3v) is 6.70. The fraction of sp³-hybridized carbons (Fsp3) is 0.148. The zero-order chi connectivity index (χ0) is 27.2. The van der Waals surface area contributed by atoms with Crippen molar-refractivity contribution in [3.05, 3.63) is 120 Å². The number of rotatable bonds is 9. The van der Waals surface area contributed by atoms with Crippen molar-refractivity contribution in [2.75, 3.05) is 0 Å². The number of furan rings is 1. The van der Waals surface area contributed by atoms with Gasteiger partial charge in [0.05, 0.1) is 18.4 Å². The number of benzene rings is 3. The monoisotopic (exact) mass is 544 g/mol. The van der Waals surface area contributed by atoms with Gasteiger partial charge in [0.25, 0.3) is 0 Å². The molecule has 0 saturated heterocycles. The SMILES string of the molecule is O=C(NCc1ccccc1)N(Cc1ccc(OS(=O)(=O)c2cccc(C(F)(F)F)c2)cc1)Cc1ccco1. The van der Waals surface area contributed by atoms with Crippen LogP contribution in [0, 0.1) is 0 Å². The van der Waals surface area contributed by atoms with Crippen molar-refractivity contribution in [3.8, 4) is 5.75 Å². The second-order valence-corrected chi connectivity index (χ2v) is 9.83. The van der Waals surface area contributed by atoms with Crippen LogP contribution in [0.2, 0.25) is 0 Å². The second-order valence-electron chi connectivity index (χ2n) is 8.29. The van der Waals surface area contributed by atoms with Gasteiger partial charge in [0.2, 0.25) is 0 Å². The molecular formula is C27H23F3N2O5S. The maximum Gasteiger partial charge on any atom is 0.416 e. The highest BCUT2D eigenvalue weighted by Crippen LogP contribution is 2.31. The van der Waals surface area contributed by atoms with Gasteiger partial charge in [-0.1, -0.05) is 48.5 Å². The van der Waals surface area contributed by atoms with E-state index in [1.54, 1.807) is 24.3 Å². The molecule has 3 aromatic carbocycles. The topological polar surface area (TPSA) is 88.9 Å². The molecule has 0 aliphatic carbocycles. The number of carbonyl (C=O) groups is 1. The summed E-state index contributed by atoms with van der Waals surface area (Å²) in [5, 5.41) is 2.87. The van der Waals surface area contributed by atoms with Gasteiger partial charge in [-0.25, -0.2) is 4.79 Å². The molecule has 0 atom stereocenters. The van der Waals surface area contributed by atoms with Crippen molar-refractivity contribution in [2.45, 2.75) is 30.7 Å². The van der Waals surface area contributed by atoms with E-state index >= 15 is 0 Å². The second kappa shape index (κ2) is 11.4. The number of hydrogen-bond acceptors (Lipinski definition) is 5. The molecule has 0 spiro atoms. The molecular weight excluding hydrogens is 521 g/mol. The smallest absolute Gasteiger partial charge is 0.416 e. The van der Waals surface area contributed by atoms with Gasteiger partial charge in [0.15, 0.2) is 0 Å². The number of nitrogens with one attached hydrogen (secondary N) is 1. The number of amides is 2. The number of halogens is 3. The van der Waals surface area contributed by atoms with E-state index in [0.29, 0.717) is 23.9 Å². The van der Waals surface area contributed by atoms with Crippen LogP contribution in [0.3, 0.4) is 0 Å². The quantitative estimate of drug-likeness (QED) is 0.262. The summed E-state index contributed by atoms with van der Waals surface area (Å²) in [6, 6.07) is 21.7. The number of urea groups is 1. The van der Waals surface area contributed by atoms with E-state index in [-0.39, 0.29) is 24.9 Å². The highest BCUT2D eigenvalue weighted by Gasteiger charge is 2.32. The highest BCUT2D eigenvalue weighted by molar-refractivity contribution is 7.87. The van der Waals surface area contributed by atoms with Crippen molar-refractivity contribution >= 4 is 16.1 Å². The van der Waals surface area contributed by atoms with Crippen LogP contribution >= 0.6 is 0 Å². The third-order valence-electron chi connectivity index (χ3n) is 5.45. The van der Waals surface area contributed by atoms with E-state index in [4.69, 9.17) is 8.60 Å². The minimum Gasteiger partial charge on any atom is -0.467 e. The number of hydrogen-bond donors (Lipinski definition) is 1. The molecule has 4 rings (SSSR count). The highest BCUT2D eigenvalue weighted by atomic mass is 32.2. The van der Waals surface area contributed by atoms with Crippen LogP contribution < -0.4 is 9.50 Å². The summed E-state index contributed by atoms with van der Waals surface area (Å²) < 4.78 is 74.4. The molecule has 0 fully saturated rings. The van der Waals surface area contributed by atoms with Crippen molar-refractivity contribution in [3.63, 3.8) is 0 Å². The van der Waals surface area contributed by atoms with Crippen molar-refractivity contribution < 1.29 is 35.0 Å². The molecule has 0 unspecified atom stereocenters. The fourth-order valence-corrected chi connectivity index (χ4v) is 4.53. The molecule has 11 heteroatoms. The zero-order valence-corrected chi connectivity index (χ0v) is 20.7. The Morgan fingerprint density at radius 3 is 2.26 bits per heavy atom. The van der Waals surface area contributed by atoms with Gasteiger partial charge in [-0.2, -0.15) is 21.6 Å². The molecule has 0 saturated carbocycles. The first-order valence-electron chi connectivity index (χ1n) is 11.4. The molecule has 38 heavy (non-hydrogen) atoms. The van der Waals surface area contributed by atoms with Crippen LogP contribution in [0.25, 0.3) is 0 Å². The molecule has 0 bridgehead atoms. The lowest BCUT2D eigenvalue weighted by Gasteiger charge is -2.22. The Morgan fingerprint density at radius 1 is 0.868 bits per heavy atom. The van der Waals surface area contributed by atoms with E-state index in [1.807, 2.05) is 30.3 Å². The maximum absolute atomic E-state index is 13.0. The summed E-state index contributed by atoms with van der Waals surface area (Å²) in [6.45, 7) is 0.687. The summed E-state index contributed by atoms with van der Waals surface area (Å²) in [5.74, 6) is 0.490. The average molecular weight is 545 g/mol. The Balaban J connectivity index is 1.45. The fourth-order valence-electron chi connectivity index (χ4n) is 3.55. The lowest BCUT2D eigenvalue weighted by atomic mass is 10.2. The van der Waals surface area contributed by atoms with E-state index in [2.05, 4.69) is 5.32 Å². The molecule has 2 amide bonds. The van der Waals surface area contributed by atoms with Crippen molar-refractivity contribution in [1.82, 2.24) is 10.2 Å². The van der Waals surface area contributed by atoms with Crippen molar-refractivity contribution in [1.29, 1.82) is 0 Å². The van der Waals surface area contributed by atoms with Gasteiger partial charge in [-0.05, 0) is 53.6 Å². The summed E-state index contributed by atoms with van der Waals surface area (Å²) in [7, 11) is -4.50. The lowest BCUT2D eigenvalue weighted by molar-refractivity contribution is -0.137. The van der Waals surface area contributed by atoms with E-state index in [9.17, 15) is 26.4 Å². The van der Waals surface area contributed by atoms with Gasteiger partial charge >= 0.3 is 22.3 Å². The summed E-state index contributed by atoms with van der Waals surface area (Å²) in [4.78, 5) is 13.9. The van der Waals surface area contributed by atoms with E-state index in [1.165, 1.54) is 23.3 Å². The normalized spacial score (nSPS) is 11.7. The number of nitrogens with zero attached hydrogens (tertiary/aromatic N) is 1. The molecule has 4 aromatic rings. The molecule has 0 aliphatic rings. The Kier molecular flexibility index (Phi) is 8.06.